The lowest BCUT2D eigenvalue weighted by molar-refractivity contribution is 0.182. The van der Waals surface area contributed by atoms with E-state index in [0.717, 1.165) is 16.0 Å². The van der Waals surface area contributed by atoms with E-state index in [1.807, 2.05) is 41.9 Å². The van der Waals surface area contributed by atoms with Crippen LogP contribution in [-0.2, 0) is 17.6 Å². The van der Waals surface area contributed by atoms with Gasteiger partial charge in [-0.3, -0.25) is 0 Å². The average molecular weight is 299 g/mol. The second-order valence-corrected chi connectivity index (χ2v) is 6.52. The first-order chi connectivity index (χ1) is 10.3. The highest BCUT2D eigenvalue weighted by atomic mass is 32.1. The third-order valence-electron chi connectivity index (χ3n) is 4.14. The highest BCUT2D eigenvalue weighted by Crippen LogP contribution is 2.25. The minimum atomic E-state index is -0.233. The van der Waals surface area contributed by atoms with E-state index in [4.69, 9.17) is 14.5 Å². The lowest BCUT2D eigenvalue weighted by Gasteiger charge is -2.15. The predicted molar refractivity (Wildman–Crippen MR) is 83.0 cm³/mol. The van der Waals surface area contributed by atoms with E-state index in [1.54, 1.807) is 7.11 Å². The number of nitrogens with zero attached hydrogens (tertiary/aromatic N) is 1. The molecule has 1 aliphatic heterocycles. The summed E-state index contributed by atoms with van der Waals surface area (Å²) in [6, 6.07) is 7.92. The number of hydrogen-bond acceptors (Lipinski definition) is 4. The first-order valence-electron chi connectivity index (χ1n) is 7.33. The van der Waals surface area contributed by atoms with Crippen molar-refractivity contribution >= 4 is 17.6 Å². The van der Waals surface area contributed by atoms with Gasteiger partial charge in [-0.1, -0.05) is 0 Å². The molecule has 1 aliphatic carbocycles. The molecule has 0 fully saturated rings. The summed E-state index contributed by atoms with van der Waals surface area (Å²) >= 11 is 1.84. The topological polar surface area (TPSA) is 30.8 Å². The zero-order valence-corrected chi connectivity index (χ0v) is 12.8. The van der Waals surface area contributed by atoms with Gasteiger partial charge in [-0.05, 0) is 55.5 Å². The molecule has 4 heteroatoms. The van der Waals surface area contributed by atoms with E-state index >= 15 is 0 Å². The Morgan fingerprint density at radius 2 is 2.00 bits per heavy atom. The third-order valence-corrected chi connectivity index (χ3v) is 5.36. The van der Waals surface area contributed by atoms with E-state index in [-0.39, 0.29) is 6.23 Å². The number of benzene rings is 1. The van der Waals surface area contributed by atoms with Crippen LogP contribution in [0.2, 0.25) is 0 Å². The van der Waals surface area contributed by atoms with Crippen molar-refractivity contribution in [2.24, 2.45) is 4.99 Å². The summed E-state index contributed by atoms with van der Waals surface area (Å²) in [7, 11) is 1.67. The molecule has 2 aliphatic rings. The van der Waals surface area contributed by atoms with Crippen molar-refractivity contribution in [3.05, 3.63) is 50.2 Å². The van der Waals surface area contributed by atoms with Crippen LogP contribution in [0.3, 0.4) is 0 Å². The first kappa shape index (κ1) is 12.9. The van der Waals surface area contributed by atoms with E-state index in [0.29, 0.717) is 0 Å². The Bertz CT molecular complexity index is 776. The van der Waals surface area contributed by atoms with Crippen molar-refractivity contribution in [1.82, 2.24) is 0 Å². The maximum atomic E-state index is 5.86. The van der Waals surface area contributed by atoms with Crippen LogP contribution in [0.5, 0.6) is 5.75 Å². The first-order valence-corrected chi connectivity index (χ1v) is 8.15. The van der Waals surface area contributed by atoms with E-state index in [9.17, 15) is 0 Å². The number of methoxy groups -OCH3 is 1. The maximum Gasteiger partial charge on any atom is 0.216 e. The molecule has 0 N–H and O–H groups in total. The average Bonchev–Trinajstić information content (AvgIpc) is 2.92. The van der Waals surface area contributed by atoms with Crippen molar-refractivity contribution < 1.29 is 9.47 Å². The zero-order chi connectivity index (χ0) is 14.2. The van der Waals surface area contributed by atoms with Crippen LogP contribution in [-0.4, -0.2) is 7.11 Å². The summed E-state index contributed by atoms with van der Waals surface area (Å²) in [5.41, 5.74) is 2.53. The highest BCUT2D eigenvalue weighted by molar-refractivity contribution is 7.09. The van der Waals surface area contributed by atoms with Gasteiger partial charge < -0.3 is 9.47 Å². The summed E-state index contributed by atoms with van der Waals surface area (Å²) in [6.07, 6.45) is 6.63. The van der Waals surface area contributed by atoms with Crippen molar-refractivity contribution in [1.29, 1.82) is 0 Å². The SMILES string of the molecule is COc1ccc(C2N=c3sc4c(c3=CO2)CCCC4)cc1. The van der Waals surface area contributed by atoms with Gasteiger partial charge in [0.25, 0.3) is 0 Å². The molecule has 1 unspecified atom stereocenters. The molecular weight excluding hydrogens is 282 g/mol. The highest BCUT2D eigenvalue weighted by Gasteiger charge is 2.19. The molecule has 1 aromatic carbocycles. The van der Waals surface area contributed by atoms with Gasteiger partial charge >= 0.3 is 0 Å². The standard InChI is InChI=1S/C17H17NO2S/c1-19-12-8-6-11(7-9-12)16-18-17-14(10-20-16)13-4-2-3-5-15(13)21-17/h6-10,16H,2-5H2,1H3. The molecule has 0 saturated heterocycles. The largest absolute Gasteiger partial charge is 0.497 e. The number of thiophene rings is 1. The van der Waals surface area contributed by atoms with Gasteiger partial charge in [0.05, 0.1) is 13.4 Å². The van der Waals surface area contributed by atoms with Crippen LogP contribution < -0.4 is 14.6 Å². The van der Waals surface area contributed by atoms with Crippen LogP contribution in [0.15, 0.2) is 29.3 Å². The molecule has 108 valence electrons. The lowest BCUT2D eigenvalue weighted by Crippen LogP contribution is -2.28. The smallest absolute Gasteiger partial charge is 0.216 e. The molecule has 2 heterocycles. The summed E-state index contributed by atoms with van der Waals surface area (Å²) in [5.74, 6) is 0.853. The van der Waals surface area contributed by atoms with E-state index in [1.165, 1.54) is 41.3 Å². The second-order valence-electron chi connectivity index (χ2n) is 5.44. The number of hydrogen-bond donors (Lipinski definition) is 0. The molecule has 0 amide bonds. The van der Waals surface area contributed by atoms with Crippen LogP contribution >= 0.6 is 11.3 Å². The van der Waals surface area contributed by atoms with Crippen molar-refractivity contribution in [2.45, 2.75) is 31.9 Å². The molecule has 0 saturated carbocycles. The zero-order valence-electron chi connectivity index (χ0n) is 12.0. The summed E-state index contributed by atoms with van der Waals surface area (Å²) in [4.78, 5) is 6.31. The lowest BCUT2D eigenvalue weighted by atomic mass is 9.98. The fraction of sp³-hybridized carbons (Fsp3) is 0.353. The minimum absolute atomic E-state index is 0.233. The number of ether oxygens (including phenoxy) is 2. The van der Waals surface area contributed by atoms with Crippen molar-refractivity contribution in [2.75, 3.05) is 7.11 Å². The molecule has 4 rings (SSSR count). The predicted octanol–water partition coefficient (Wildman–Crippen LogP) is 2.72. The molecule has 1 aromatic heterocycles. The van der Waals surface area contributed by atoms with Crippen molar-refractivity contribution in [3.8, 4) is 5.75 Å². The normalized spacial score (nSPS) is 19.6. The Balaban J connectivity index is 1.72. The Labute approximate surface area is 127 Å². The van der Waals surface area contributed by atoms with E-state index in [2.05, 4.69) is 0 Å². The van der Waals surface area contributed by atoms with Gasteiger partial charge in [0.1, 0.15) is 10.4 Å². The quantitative estimate of drug-likeness (QED) is 0.853. The van der Waals surface area contributed by atoms with Gasteiger partial charge in [-0.15, -0.1) is 11.3 Å². The molecule has 0 spiro atoms. The molecule has 1 atom stereocenters. The monoisotopic (exact) mass is 299 g/mol. The van der Waals surface area contributed by atoms with Gasteiger partial charge in [0.15, 0.2) is 0 Å². The molecule has 3 nitrogen and oxygen atoms in total. The minimum Gasteiger partial charge on any atom is -0.497 e. The Morgan fingerprint density at radius 3 is 2.81 bits per heavy atom. The summed E-state index contributed by atoms with van der Waals surface area (Å²) < 4.78 is 12.2. The Hall–Kier alpha value is -1.81. The molecule has 2 aromatic rings. The molecule has 21 heavy (non-hydrogen) atoms. The van der Waals surface area contributed by atoms with Crippen LogP contribution in [0.25, 0.3) is 6.26 Å². The van der Waals surface area contributed by atoms with Gasteiger partial charge in [0.2, 0.25) is 6.23 Å². The van der Waals surface area contributed by atoms with Crippen LogP contribution in [0.1, 0.15) is 35.1 Å². The Kier molecular flexibility index (Phi) is 3.19. The fourth-order valence-electron chi connectivity index (χ4n) is 2.98. The second kappa shape index (κ2) is 5.19. The van der Waals surface area contributed by atoms with Gasteiger partial charge in [-0.2, -0.15) is 0 Å². The third kappa shape index (κ3) is 2.23. The number of rotatable bonds is 2. The van der Waals surface area contributed by atoms with Gasteiger partial charge in [-0.25, -0.2) is 4.99 Å². The summed E-state index contributed by atoms with van der Waals surface area (Å²) in [5, 5.41) is 1.22. The van der Waals surface area contributed by atoms with Crippen LogP contribution in [0.4, 0.5) is 0 Å². The molecule has 0 radical (unpaired) electrons. The molecular formula is C17H17NO2S. The number of aryl methyl sites for hydroxylation is 1. The molecule has 0 bridgehead atoms. The maximum absolute atomic E-state index is 5.86. The number of fused-ring (bicyclic) bond motifs is 3. The van der Waals surface area contributed by atoms with Crippen LogP contribution in [0, 0.1) is 0 Å². The van der Waals surface area contributed by atoms with E-state index < -0.39 is 0 Å². The summed E-state index contributed by atoms with van der Waals surface area (Å²) in [6.45, 7) is 0. The Morgan fingerprint density at radius 1 is 1.19 bits per heavy atom. The van der Waals surface area contributed by atoms with Crippen molar-refractivity contribution in [3.63, 3.8) is 0 Å². The van der Waals surface area contributed by atoms with Gasteiger partial charge in [0, 0.05) is 15.7 Å². The fourth-order valence-corrected chi connectivity index (χ4v) is 4.23.